The van der Waals surface area contributed by atoms with Crippen molar-refractivity contribution in [2.75, 3.05) is 13.1 Å². The molecular weight excluding hydrogens is 279 g/mol. The van der Waals surface area contributed by atoms with E-state index in [4.69, 9.17) is 28.9 Å². The molecule has 2 N–H and O–H groups in total. The third kappa shape index (κ3) is 3.63. The van der Waals surface area contributed by atoms with Crippen LogP contribution in [0, 0.1) is 0 Å². The molecule has 4 heteroatoms. The van der Waals surface area contributed by atoms with E-state index in [-0.39, 0.29) is 11.6 Å². The number of likely N-dealkylation sites (tertiary alicyclic amines) is 1. The molecule has 1 fully saturated rings. The molecule has 106 valence electrons. The smallest absolute Gasteiger partial charge is 0.0423 e. The van der Waals surface area contributed by atoms with E-state index in [2.05, 4.69) is 25.7 Å². The van der Waals surface area contributed by atoms with Crippen LogP contribution in [-0.4, -0.2) is 29.6 Å². The standard InChI is InChI=1S/C15H22Cl2N2/c1-15(2,3)19-5-4-14(18)13(9-19)10-6-11(16)8-12(17)7-10/h6-8,13-14H,4-5,9,18H2,1-3H3/t13-,14+/m0/s1. The quantitative estimate of drug-likeness (QED) is 0.852. The third-order valence-electron chi connectivity index (χ3n) is 3.93. The molecule has 0 spiro atoms. The molecule has 2 atom stereocenters. The predicted molar refractivity (Wildman–Crippen MR) is 83.1 cm³/mol. The average Bonchev–Trinajstić information content (AvgIpc) is 2.26. The van der Waals surface area contributed by atoms with Gasteiger partial charge in [-0.15, -0.1) is 0 Å². The van der Waals surface area contributed by atoms with Gasteiger partial charge in [0.2, 0.25) is 0 Å². The number of halogens is 2. The summed E-state index contributed by atoms with van der Waals surface area (Å²) in [6.45, 7) is 8.74. The fraction of sp³-hybridized carbons (Fsp3) is 0.600. The van der Waals surface area contributed by atoms with Crippen molar-refractivity contribution in [2.45, 2.75) is 44.7 Å². The predicted octanol–water partition coefficient (Wildman–Crippen LogP) is 3.91. The van der Waals surface area contributed by atoms with Crippen LogP contribution in [0.3, 0.4) is 0 Å². The lowest BCUT2D eigenvalue weighted by Crippen LogP contribution is -2.52. The van der Waals surface area contributed by atoms with Gasteiger partial charge in [0, 0.05) is 40.6 Å². The molecule has 1 aliphatic rings. The van der Waals surface area contributed by atoms with E-state index in [1.165, 1.54) is 0 Å². The van der Waals surface area contributed by atoms with Crippen LogP contribution < -0.4 is 5.73 Å². The maximum atomic E-state index is 6.30. The first-order chi connectivity index (χ1) is 8.77. The Morgan fingerprint density at radius 1 is 1.16 bits per heavy atom. The van der Waals surface area contributed by atoms with Crippen LogP contribution in [0.1, 0.15) is 38.7 Å². The minimum atomic E-state index is 0.167. The van der Waals surface area contributed by atoms with Gasteiger partial charge in [0.05, 0.1) is 0 Å². The summed E-state index contributed by atoms with van der Waals surface area (Å²) >= 11 is 12.2. The van der Waals surface area contributed by atoms with Gasteiger partial charge in [0.25, 0.3) is 0 Å². The Morgan fingerprint density at radius 3 is 2.26 bits per heavy atom. The summed E-state index contributed by atoms with van der Waals surface area (Å²) in [5, 5.41) is 1.37. The van der Waals surface area contributed by atoms with Crippen LogP contribution in [0.15, 0.2) is 18.2 Å². The summed E-state index contributed by atoms with van der Waals surface area (Å²) in [5.41, 5.74) is 7.62. The van der Waals surface area contributed by atoms with E-state index < -0.39 is 0 Å². The van der Waals surface area contributed by atoms with E-state index in [0.717, 1.165) is 25.1 Å². The summed E-state index contributed by atoms with van der Waals surface area (Å²) in [6.07, 6.45) is 1.01. The number of piperidine rings is 1. The molecule has 1 aromatic carbocycles. The Kier molecular flexibility index (Phi) is 4.46. The number of nitrogens with zero attached hydrogens (tertiary/aromatic N) is 1. The summed E-state index contributed by atoms with van der Waals surface area (Å²) in [4.78, 5) is 2.48. The molecule has 0 radical (unpaired) electrons. The van der Waals surface area contributed by atoms with Crippen molar-refractivity contribution < 1.29 is 0 Å². The largest absolute Gasteiger partial charge is 0.327 e. The van der Waals surface area contributed by atoms with Crippen LogP contribution in [-0.2, 0) is 0 Å². The molecule has 0 amide bonds. The lowest BCUT2D eigenvalue weighted by atomic mass is 9.84. The molecule has 1 aromatic rings. The van der Waals surface area contributed by atoms with Crippen LogP contribution in [0.4, 0.5) is 0 Å². The molecular formula is C15H22Cl2N2. The molecule has 1 saturated heterocycles. The molecule has 0 aliphatic carbocycles. The molecule has 2 rings (SSSR count). The lowest BCUT2D eigenvalue weighted by molar-refractivity contribution is 0.0899. The topological polar surface area (TPSA) is 29.3 Å². The lowest BCUT2D eigenvalue weighted by Gasteiger charge is -2.44. The molecule has 19 heavy (non-hydrogen) atoms. The Morgan fingerprint density at radius 2 is 1.74 bits per heavy atom. The second kappa shape index (κ2) is 5.61. The molecule has 1 heterocycles. The number of hydrogen-bond acceptors (Lipinski definition) is 2. The Labute approximate surface area is 125 Å². The molecule has 0 saturated carbocycles. The second-order valence-electron chi connectivity index (χ2n) is 6.38. The summed E-state index contributed by atoms with van der Waals surface area (Å²) in [7, 11) is 0. The van der Waals surface area contributed by atoms with Crippen molar-refractivity contribution in [2.24, 2.45) is 5.73 Å². The van der Waals surface area contributed by atoms with Crippen molar-refractivity contribution >= 4 is 23.2 Å². The van der Waals surface area contributed by atoms with Crippen LogP contribution in [0.25, 0.3) is 0 Å². The highest BCUT2D eigenvalue weighted by Gasteiger charge is 2.33. The fourth-order valence-corrected chi connectivity index (χ4v) is 3.26. The van der Waals surface area contributed by atoms with Crippen LogP contribution in [0.5, 0.6) is 0 Å². The van der Waals surface area contributed by atoms with Crippen molar-refractivity contribution in [1.82, 2.24) is 4.90 Å². The first-order valence-electron chi connectivity index (χ1n) is 6.74. The van der Waals surface area contributed by atoms with Gasteiger partial charge in [-0.05, 0) is 51.0 Å². The highest BCUT2D eigenvalue weighted by Crippen LogP contribution is 2.32. The minimum absolute atomic E-state index is 0.167. The maximum absolute atomic E-state index is 6.30. The number of rotatable bonds is 1. The number of hydrogen-bond donors (Lipinski definition) is 1. The summed E-state index contributed by atoms with van der Waals surface area (Å²) < 4.78 is 0. The first kappa shape index (κ1) is 15.1. The van der Waals surface area contributed by atoms with Gasteiger partial charge in [-0.25, -0.2) is 0 Å². The molecule has 0 unspecified atom stereocenters. The fourth-order valence-electron chi connectivity index (χ4n) is 2.72. The Balaban J connectivity index is 2.26. The monoisotopic (exact) mass is 300 g/mol. The van der Waals surface area contributed by atoms with Crippen LogP contribution >= 0.6 is 23.2 Å². The highest BCUT2D eigenvalue weighted by atomic mass is 35.5. The van der Waals surface area contributed by atoms with Gasteiger partial charge < -0.3 is 5.73 Å². The summed E-state index contributed by atoms with van der Waals surface area (Å²) in [6, 6.07) is 5.92. The van der Waals surface area contributed by atoms with E-state index in [0.29, 0.717) is 16.0 Å². The van der Waals surface area contributed by atoms with E-state index in [1.54, 1.807) is 6.07 Å². The molecule has 0 bridgehead atoms. The third-order valence-corrected chi connectivity index (χ3v) is 4.36. The zero-order chi connectivity index (χ0) is 14.2. The van der Waals surface area contributed by atoms with Gasteiger partial charge in [0.1, 0.15) is 0 Å². The first-order valence-corrected chi connectivity index (χ1v) is 7.49. The van der Waals surface area contributed by atoms with E-state index in [1.807, 2.05) is 12.1 Å². The normalized spacial score (nSPS) is 25.6. The van der Waals surface area contributed by atoms with Crippen molar-refractivity contribution in [3.8, 4) is 0 Å². The highest BCUT2D eigenvalue weighted by molar-refractivity contribution is 6.34. The van der Waals surface area contributed by atoms with Crippen LogP contribution in [0.2, 0.25) is 10.0 Å². The van der Waals surface area contributed by atoms with Crippen molar-refractivity contribution in [3.63, 3.8) is 0 Å². The van der Waals surface area contributed by atoms with E-state index in [9.17, 15) is 0 Å². The van der Waals surface area contributed by atoms with Gasteiger partial charge in [-0.2, -0.15) is 0 Å². The molecule has 0 aromatic heterocycles. The Bertz CT molecular complexity index is 434. The van der Waals surface area contributed by atoms with Crippen molar-refractivity contribution in [1.29, 1.82) is 0 Å². The maximum Gasteiger partial charge on any atom is 0.0423 e. The second-order valence-corrected chi connectivity index (χ2v) is 7.25. The molecule has 2 nitrogen and oxygen atoms in total. The average molecular weight is 301 g/mol. The molecule has 1 aliphatic heterocycles. The number of benzene rings is 1. The zero-order valence-corrected chi connectivity index (χ0v) is 13.3. The number of nitrogens with two attached hydrogens (primary N) is 1. The van der Waals surface area contributed by atoms with Crippen molar-refractivity contribution in [3.05, 3.63) is 33.8 Å². The van der Waals surface area contributed by atoms with E-state index >= 15 is 0 Å². The zero-order valence-electron chi connectivity index (χ0n) is 11.8. The van der Waals surface area contributed by atoms with Gasteiger partial charge in [-0.1, -0.05) is 23.2 Å². The van der Waals surface area contributed by atoms with Gasteiger partial charge in [-0.3, -0.25) is 4.90 Å². The Hall–Kier alpha value is -0.280. The summed E-state index contributed by atoms with van der Waals surface area (Å²) in [5.74, 6) is 0.296. The minimum Gasteiger partial charge on any atom is -0.327 e. The van der Waals surface area contributed by atoms with Gasteiger partial charge >= 0.3 is 0 Å². The van der Waals surface area contributed by atoms with Gasteiger partial charge in [0.15, 0.2) is 0 Å². The SMILES string of the molecule is CC(C)(C)N1CC[C@@H](N)[C@H](c2cc(Cl)cc(Cl)c2)C1.